The maximum atomic E-state index is 5.82. The molecule has 0 spiro atoms. The molecule has 4 rings (SSSR count). The van der Waals surface area contributed by atoms with Crippen LogP contribution in [0.5, 0.6) is 5.75 Å². The van der Waals surface area contributed by atoms with Crippen LogP contribution in [0.3, 0.4) is 0 Å². The van der Waals surface area contributed by atoms with E-state index in [1.54, 1.807) is 16.9 Å². The molecule has 0 aliphatic carbocycles. The van der Waals surface area contributed by atoms with Crippen molar-refractivity contribution in [1.82, 2.24) is 20.0 Å². The van der Waals surface area contributed by atoms with Crippen LogP contribution in [0.25, 0.3) is 11.3 Å². The smallest absolute Gasteiger partial charge is 0.123 e. The molecule has 2 aromatic heterocycles. The van der Waals surface area contributed by atoms with Crippen LogP contribution in [0.1, 0.15) is 11.1 Å². The summed E-state index contributed by atoms with van der Waals surface area (Å²) in [5.41, 5.74) is 9.54. The molecule has 6 nitrogen and oxygen atoms in total. The van der Waals surface area contributed by atoms with Crippen LogP contribution >= 0.6 is 0 Å². The zero-order chi connectivity index (χ0) is 18.5. The number of nitrogens with two attached hydrogens (primary N) is 1. The molecule has 0 bridgehead atoms. The zero-order valence-electron chi connectivity index (χ0n) is 14.7. The predicted octanol–water partition coefficient (Wildman–Crippen LogP) is 3.55. The third-order valence-corrected chi connectivity index (χ3v) is 4.14. The lowest BCUT2D eigenvalue weighted by Crippen LogP contribution is -2.00. The van der Waals surface area contributed by atoms with Gasteiger partial charge in [-0.05, 0) is 35.4 Å². The fourth-order valence-electron chi connectivity index (χ4n) is 2.68. The van der Waals surface area contributed by atoms with E-state index < -0.39 is 0 Å². The van der Waals surface area contributed by atoms with Crippen LogP contribution in [0.2, 0.25) is 0 Å². The molecule has 2 aromatic carbocycles. The Kier molecular flexibility index (Phi) is 4.78. The summed E-state index contributed by atoms with van der Waals surface area (Å²) in [6.07, 6.45) is 3.59. The van der Waals surface area contributed by atoms with Crippen LogP contribution in [-0.4, -0.2) is 20.0 Å². The summed E-state index contributed by atoms with van der Waals surface area (Å²) in [4.78, 5) is 4.08. The molecule has 6 heteroatoms. The summed E-state index contributed by atoms with van der Waals surface area (Å²) in [7, 11) is 0. The first kappa shape index (κ1) is 16.8. The zero-order valence-corrected chi connectivity index (χ0v) is 14.7. The topological polar surface area (TPSA) is 78.9 Å². The highest BCUT2D eigenvalue weighted by Crippen LogP contribution is 2.18. The lowest BCUT2D eigenvalue weighted by Gasteiger charge is -2.07. The van der Waals surface area contributed by atoms with E-state index in [1.165, 1.54) is 0 Å². The van der Waals surface area contributed by atoms with Crippen molar-refractivity contribution in [3.05, 3.63) is 90.3 Å². The Morgan fingerprint density at radius 1 is 0.889 bits per heavy atom. The van der Waals surface area contributed by atoms with Crippen molar-refractivity contribution in [3.63, 3.8) is 0 Å². The van der Waals surface area contributed by atoms with E-state index in [9.17, 15) is 0 Å². The van der Waals surface area contributed by atoms with Crippen molar-refractivity contribution in [1.29, 1.82) is 0 Å². The van der Waals surface area contributed by atoms with Crippen LogP contribution in [0, 0.1) is 0 Å². The van der Waals surface area contributed by atoms with Crippen molar-refractivity contribution in [2.24, 2.45) is 0 Å². The SMILES string of the molecule is Nc1ccc(-c2cn(Cc3ccc(OCc4ccccc4)cc3)nn2)cn1. The number of aromatic nitrogens is 4. The normalized spacial score (nSPS) is 10.7. The highest BCUT2D eigenvalue weighted by atomic mass is 16.5. The third-order valence-electron chi connectivity index (χ3n) is 4.14. The first-order chi connectivity index (χ1) is 13.3. The van der Waals surface area contributed by atoms with Gasteiger partial charge in [0.05, 0.1) is 12.7 Å². The number of nitrogens with zero attached hydrogens (tertiary/aromatic N) is 4. The van der Waals surface area contributed by atoms with Gasteiger partial charge in [0.25, 0.3) is 0 Å². The lowest BCUT2D eigenvalue weighted by molar-refractivity contribution is 0.306. The first-order valence-electron chi connectivity index (χ1n) is 8.64. The molecule has 0 saturated carbocycles. The Morgan fingerprint density at radius 3 is 2.44 bits per heavy atom. The van der Waals surface area contributed by atoms with Gasteiger partial charge in [-0.2, -0.15) is 0 Å². The number of anilines is 1. The van der Waals surface area contributed by atoms with Gasteiger partial charge in [-0.3, -0.25) is 0 Å². The predicted molar refractivity (Wildman–Crippen MR) is 104 cm³/mol. The first-order valence-corrected chi connectivity index (χ1v) is 8.64. The molecule has 27 heavy (non-hydrogen) atoms. The van der Waals surface area contributed by atoms with Crippen LogP contribution in [0.4, 0.5) is 5.82 Å². The number of benzene rings is 2. The second-order valence-corrected chi connectivity index (χ2v) is 6.19. The van der Waals surface area contributed by atoms with Gasteiger partial charge in [-0.1, -0.05) is 47.7 Å². The van der Waals surface area contributed by atoms with Gasteiger partial charge < -0.3 is 10.5 Å². The van der Waals surface area contributed by atoms with Crippen molar-refractivity contribution in [3.8, 4) is 17.0 Å². The molecule has 0 radical (unpaired) electrons. The third kappa shape index (κ3) is 4.30. The number of ether oxygens (including phenoxy) is 1. The van der Waals surface area contributed by atoms with Crippen molar-refractivity contribution in [2.75, 3.05) is 5.73 Å². The highest BCUT2D eigenvalue weighted by Gasteiger charge is 2.05. The monoisotopic (exact) mass is 357 g/mol. The van der Waals surface area contributed by atoms with Gasteiger partial charge in [0.1, 0.15) is 23.9 Å². The Labute approximate surface area is 157 Å². The summed E-state index contributed by atoms with van der Waals surface area (Å²) < 4.78 is 7.61. The van der Waals surface area contributed by atoms with E-state index in [-0.39, 0.29) is 0 Å². The van der Waals surface area contributed by atoms with Gasteiger partial charge in [-0.25, -0.2) is 9.67 Å². The van der Waals surface area contributed by atoms with E-state index in [1.807, 2.05) is 66.9 Å². The second kappa shape index (κ2) is 7.70. The Hall–Kier alpha value is -3.67. The van der Waals surface area contributed by atoms with Crippen LogP contribution in [-0.2, 0) is 13.2 Å². The van der Waals surface area contributed by atoms with E-state index in [4.69, 9.17) is 10.5 Å². The van der Waals surface area contributed by atoms with Crippen LogP contribution in [0.15, 0.2) is 79.1 Å². The number of rotatable bonds is 6. The molecule has 4 aromatic rings. The van der Waals surface area contributed by atoms with E-state index in [0.29, 0.717) is 19.0 Å². The second-order valence-electron chi connectivity index (χ2n) is 6.19. The summed E-state index contributed by atoms with van der Waals surface area (Å²) in [5, 5.41) is 8.39. The quantitative estimate of drug-likeness (QED) is 0.571. The summed E-state index contributed by atoms with van der Waals surface area (Å²) in [5.74, 6) is 1.33. The maximum absolute atomic E-state index is 5.82. The number of hydrogen-bond donors (Lipinski definition) is 1. The number of nitrogen functional groups attached to an aromatic ring is 1. The van der Waals surface area contributed by atoms with E-state index >= 15 is 0 Å². The van der Waals surface area contributed by atoms with Crippen molar-refractivity contribution >= 4 is 5.82 Å². The highest BCUT2D eigenvalue weighted by molar-refractivity contribution is 5.57. The largest absolute Gasteiger partial charge is 0.489 e. The standard InChI is InChI=1S/C21H19N5O/c22-21-11-8-18(12-23-21)20-14-26(25-24-20)13-16-6-9-19(10-7-16)27-15-17-4-2-1-3-5-17/h1-12,14H,13,15H2,(H2,22,23). The Balaban J connectivity index is 1.38. The molecule has 0 aliphatic heterocycles. The van der Waals surface area contributed by atoms with E-state index in [2.05, 4.69) is 15.3 Å². The number of hydrogen-bond acceptors (Lipinski definition) is 5. The van der Waals surface area contributed by atoms with Gasteiger partial charge >= 0.3 is 0 Å². The average molecular weight is 357 g/mol. The molecule has 2 N–H and O–H groups in total. The van der Waals surface area contributed by atoms with Gasteiger partial charge in [0.15, 0.2) is 0 Å². The molecule has 134 valence electrons. The maximum Gasteiger partial charge on any atom is 0.123 e. The fraction of sp³-hybridized carbons (Fsp3) is 0.0952. The van der Waals surface area contributed by atoms with Crippen molar-refractivity contribution < 1.29 is 4.74 Å². The molecular formula is C21H19N5O. The molecule has 0 fully saturated rings. The number of pyridine rings is 1. The summed E-state index contributed by atoms with van der Waals surface area (Å²) in [6, 6.07) is 21.8. The van der Waals surface area contributed by atoms with Gasteiger partial charge in [0.2, 0.25) is 0 Å². The minimum atomic E-state index is 0.487. The van der Waals surface area contributed by atoms with E-state index in [0.717, 1.165) is 28.1 Å². The molecule has 0 saturated heterocycles. The minimum Gasteiger partial charge on any atom is -0.489 e. The Bertz CT molecular complexity index is 995. The molecule has 0 unspecified atom stereocenters. The molecule has 2 heterocycles. The molecule has 0 aliphatic rings. The van der Waals surface area contributed by atoms with Gasteiger partial charge in [-0.15, -0.1) is 5.10 Å². The lowest BCUT2D eigenvalue weighted by atomic mass is 10.2. The van der Waals surface area contributed by atoms with Crippen molar-refractivity contribution in [2.45, 2.75) is 13.2 Å². The Morgan fingerprint density at radius 2 is 1.70 bits per heavy atom. The molecule has 0 amide bonds. The average Bonchev–Trinajstić information content (AvgIpc) is 3.17. The fourth-order valence-corrected chi connectivity index (χ4v) is 2.68. The molecule has 0 atom stereocenters. The summed E-state index contributed by atoms with van der Waals surface area (Å²) in [6.45, 7) is 1.19. The summed E-state index contributed by atoms with van der Waals surface area (Å²) >= 11 is 0. The van der Waals surface area contributed by atoms with Gasteiger partial charge in [0, 0.05) is 11.8 Å². The molecular weight excluding hydrogens is 338 g/mol. The minimum absolute atomic E-state index is 0.487. The van der Waals surface area contributed by atoms with Crippen LogP contribution < -0.4 is 10.5 Å².